The number of ether oxygens (including phenoxy) is 1. The molecule has 1 unspecified atom stereocenters. The Morgan fingerprint density at radius 3 is 2.89 bits per heavy atom. The highest BCUT2D eigenvalue weighted by atomic mass is 32.1. The quantitative estimate of drug-likeness (QED) is 0.876. The summed E-state index contributed by atoms with van der Waals surface area (Å²) in [5.41, 5.74) is 2.41. The van der Waals surface area contributed by atoms with Crippen LogP contribution in [0.3, 0.4) is 0 Å². The molecular formula is C15H20N2OS. The molecule has 102 valence electrons. The molecule has 0 aromatic carbocycles. The molecule has 2 rings (SSSR count). The summed E-state index contributed by atoms with van der Waals surface area (Å²) < 4.78 is 5.40. The molecule has 0 saturated heterocycles. The predicted octanol–water partition coefficient (Wildman–Crippen LogP) is 3.55. The minimum absolute atomic E-state index is 0.156. The monoisotopic (exact) mass is 276 g/mol. The lowest BCUT2D eigenvalue weighted by molar-refractivity contribution is 0.387. The van der Waals surface area contributed by atoms with E-state index in [9.17, 15) is 0 Å². The number of hydrogen-bond donors (Lipinski definition) is 1. The first-order chi connectivity index (χ1) is 9.27. The van der Waals surface area contributed by atoms with Gasteiger partial charge in [-0.1, -0.05) is 13.0 Å². The molecule has 4 heteroatoms. The summed E-state index contributed by atoms with van der Waals surface area (Å²) >= 11 is 1.78. The molecule has 2 aromatic rings. The van der Waals surface area contributed by atoms with Gasteiger partial charge in [0.25, 0.3) is 0 Å². The highest BCUT2D eigenvalue weighted by molar-refractivity contribution is 7.10. The Hall–Kier alpha value is -1.39. The van der Waals surface area contributed by atoms with Crippen molar-refractivity contribution in [3.63, 3.8) is 0 Å². The van der Waals surface area contributed by atoms with Gasteiger partial charge in [-0.3, -0.25) is 0 Å². The Morgan fingerprint density at radius 1 is 1.42 bits per heavy atom. The van der Waals surface area contributed by atoms with Crippen LogP contribution in [0.5, 0.6) is 5.88 Å². The van der Waals surface area contributed by atoms with Gasteiger partial charge in [-0.25, -0.2) is 4.98 Å². The minimum atomic E-state index is 0.156. The van der Waals surface area contributed by atoms with Crippen LogP contribution in [0.25, 0.3) is 0 Å². The molecule has 0 fully saturated rings. The summed E-state index contributed by atoms with van der Waals surface area (Å²) in [6.45, 7) is 5.29. The van der Waals surface area contributed by atoms with Gasteiger partial charge in [0, 0.05) is 16.6 Å². The molecule has 0 bridgehead atoms. The van der Waals surface area contributed by atoms with Gasteiger partial charge >= 0.3 is 0 Å². The number of nitrogens with one attached hydrogen (secondary N) is 1. The average molecular weight is 276 g/mol. The highest BCUT2D eigenvalue weighted by Gasteiger charge is 2.20. The summed E-state index contributed by atoms with van der Waals surface area (Å²) in [5.74, 6) is 0.698. The van der Waals surface area contributed by atoms with Crippen LogP contribution in [-0.2, 0) is 0 Å². The second-order valence-electron chi connectivity index (χ2n) is 4.46. The van der Waals surface area contributed by atoms with E-state index in [1.165, 1.54) is 10.4 Å². The van der Waals surface area contributed by atoms with E-state index >= 15 is 0 Å². The largest absolute Gasteiger partial charge is 0.481 e. The van der Waals surface area contributed by atoms with Crippen LogP contribution in [0.1, 0.15) is 35.4 Å². The van der Waals surface area contributed by atoms with Crippen LogP contribution >= 0.6 is 11.3 Å². The highest BCUT2D eigenvalue weighted by Crippen LogP contribution is 2.33. The van der Waals surface area contributed by atoms with Gasteiger partial charge in [0.05, 0.1) is 13.2 Å². The zero-order valence-electron chi connectivity index (χ0n) is 11.6. The third-order valence-electron chi connectivity index (χ3n) is 3.07. The van der Waals surface area contributed by atoms with Crippen molar-refractivity contribution in [2.24, 2.45) is 0 Å². The number of rotatable bonds is 6. The van der Waals surface area contributed by atoms with Crippen LogP contribution in [0.15, 0.2) is 29.8 Å². The molecule has 2 heterocycles. The molecule has 0 amide bonds. The van der Waals surface area contributed by atoms with Crippen molar-refractivity contribution in [2.75, 3.05) is 13.7 Å². The summed E-state index contributed by atoms with van der Waals surface area (Å²) in [7, 11) is 1.67. The van der Waals surface area contributed by atoms with E-state index in [2.05, 4.69) is 41.7 Å². The van der Waals surface area contributed by atoms with E-state index < -0.39 is 0 Å². The van der Waals surface area contributed by atoms with Gasteiger partial charge in [-0.15, -0.1) is 11.3 Å². The zero-order valence-corrected chi connectivity index (χ0v) is 12.5. The molecule has 0 aliphatic heterocycles. The lowest BCUT2D eigenvalue weighted by Gasteiger charge is -2.20. The van der Waals surface area contributed by atoms with Crippen LogP contribution in [0.4, 0.5) is 0 Å². The van der Waals surface area contributed by atoms with Crippen molar-refractivity contribution in [3.8, 4) is 5.88 Å². The Morgan fingerprint density at radius 2 is 2.26 bits per heavy atom. The summed E-state index contributed by atoms with van der Waals surface area (Å²) in [4.78, 5) is 5.64. The Kier molecular flexibility index (Phi) is 4.93. The number of thiophene rings is 1. The Labute approximate surface area is 118 Å². The maximum atomic E-state index is 5.40. The number of methoxy groups -OCH3 is 1. The fraction of sp³-hybridized carbons (Fsp3) is 0.400. The predicted molar refractivity (Wildman–Crippen MR) is 80.0 cm³/mol. The molecule has 0 radical (unpaired) electrons. The smallest absolute Gasteiger partial charge is 0.218 e. The molecule has 1 N–H and O–H groups in total. The summed E-state index contributed by atoms with van der Waals surface area (Å²) in [6.07, 6.45) is 2.87. The van der Waals surface area contributed by atoms with Gasteiger partial charge in [-0.2, -0.15) is 0 Å². The van der Waals surface area contributed by atoms with E-state index in [4.69, 9.17) is 4.74 Å². The topological polar surface area (TPSA) is 34.2 Å². The summed E-state index contributed by atoms with van der Waals surface area (Å²) in [5, 5.41) is 5.73. The molecule has 0 saturated carbocycles. The molecule has 1 atom stereocenters. The van der Waals surface area contributed by atoms with Gasteiger partial charge in [0.2, 0.25) is 5.88 Å². The van der Waals surface area contributed by atoms with E-state index in [0.29, 0.717) is 5.88 Å². The summed E-state index contributed by atoms with van der Waals surface area (Å²) in [6, 6.07) is 6.35. The molecule has 0 aliphatic carbocycles. The average Bonchev–Trinajstić information content (AvgIpc) is 2.86. The number of pyridine rings is 1. The fourth-order valence-corrected chi connectivity index (χ4v) is 3.13. The maximum absolute atomic E-state index is 5.40. The maximum Gasteiger partial charge on any atom is 0.218 e. The first-order valence-corrected chi connectivity index (χ1v) is 7.42. The lowest BCUT2D eigenvalue weighted by Crippen LogP contribution is -2.23. The van der Waals surface area contributed by atoms with Crippen molar-refractivity contribution in [3.05, 3.63) is 45.8 Å². The van der Waals surface area contributed by atoms with Gasteiger partial charge < -0.3 is 10.1 Å². The fourth-order valence-electron chi connectivity index (χ4n) is 2.11. The first kappa shape index (κ1) is 14.0. The van der Waals surface area contributed by atoms with Crippen LogP contribution in [0.2, 0.25) is 0 Å². The van der Waals surface area contributed by atoms with Gasteiger partial charge in [-0.05, 0) is 43.0 Å². The normalized spacial score (nSPS) is 12.4. The van der Waals surface area contributed by atoms with E-state index in [-0.39, 0.29) is 6.04 Å². The molecule has 3 nitrogen and oxygen atoms in total. The van der Waals surface area contributed by atoms with Crippen LogP contribution in [0, 0.1) is 6.92 Å². The number of aryl methyl sites for hydroxylation is 1. The van der Waals surface area contributed by atoms with Crippen molar-refractivity contribution in [2.45, 2.75) is 26.3 Å². The van der Waals surface area contributed by atoms with Crippen molar-refractivity contribution in [1.82, 2.24) is 10.3 Å². The lowest BCUT2D eigenvalue weighted by atomic mass is 10.0. The molecular weight excluding hydrogens is 256 g/mol. The van der Waals surface area contributed by atoms with E-state index in [0.717, 1.165) is 18.5 Å². The zero-order chi connectivity index (χ0) is 13.7. The third-order valence-corrected chi connectivity index (χ3v) is 4.15. The van der Waals surface area contributed by atoms with Crippen LogP contribution < -0.4 is 10.1 Å². The number of hydrogen-bond acceptors (Lipinski definition) is 4. The van der Waals surface area contributed by atoms with Crippen LogP contribution in [-0.4, -0.2) is 18.6 Å². The minimum Gasteiger partial charge on any atom is -0.481 e. The molecule has 0 spiro atoms. The van der Waals surface area contributed by atoms with Gasteiger partial charge in [0.15, 0.2) is 0 Å². The number of aromatic nitrogens is 1. The number of nitrogens with zero attached hydrogens (tertiary/aromatic N) is 1. The Bertz CT molecular complexity index is 524. The molecule has 0 aliphatic rings. The van der Waals surface area contributed by atoms with Gasteiger partial charge in [0.1, 0.15) is 0 Å². The second-order valence-corrected chi connectivity index (χ2v) is 5.40. The standard InChI is InChI=1S/C15H20N2OS/c1-4-8-16-13(14-11(2)7-10-19-14)12-6-5-9-17-15(12)18-3/h5-7,9-10,13,16H,4,8H2,1-3H3. The third kappa shape index (κ3) is 3.14. The molecule has 19 heavy (non-hydrogen) atoms. The van der Waals surface area contributed by atoms with Crippen molar-refractivity contribution < 1.29 is 4.74 Å². The van der Waals surface area contributed by atoms with E-state index in [1.807, 2.05) is 6.07 Å². The first-order valence-electron chi connectivity index (χ1n) is 6.54. The van der Waals surface area contributed by atoms with Crippen molar-refractivity contribution >= 4 is 11.3 Å². The second kappa shape index (κ2) is 6.68. The Balaban J connectivity index is 2.40. The molecule has 2 aromatic heterocycles. The SMILES string of the molecule is CCCNC(c1cccnc1OC)c1sccc1C. The van der Waals surface area contributed by atoms with E-state index in [1.54, 1.807) is 24.6 Å². The van der Waals surface area contributed by atoms with Crippen molar-refractivity contribution in [1.29, 1.82) is 0 Å².